The number of nitro groups is 1. The summed E-state index contributed by atoms with van der Waals surface area (Å²) < 4.78 is 5.41. The van der Waals surface area contributed by atoms with Gasteiger partial charge in [0.05, 0.1) is 35.4 Å². The van der Waals surface area contributed by atoms with E-state index in [4.69, 9.17) is 4.74 Å². The van der Waals surface area contributed by atoms with E-state index in [9.17, 15) is 14.9 Å². The Morgan fingerprint density at radius 1 is 1.28 bits per heavy atom. The Morgan fingerprint density at radius 3 is 2.59 bits per heavy atom. The van der Waals surface area contributed by atoms with Gasteiger partial charge in [-0.15, -0.1) is 11.3 Å². The average Bonchev–Trinajstić information content (AvgIpc) is 3.28. The van der Waals surface area contributed by atoms with Crippen molar-refractivity contribution < 1.29 is 14.5 Å². The Bertz CT molecular complexity index is 830. The minimum absolute atomic E-state index is 0.0811. The maximum Gasteiger partial charge on any atom is 0.270 e. The molecule has 2 heterocycles. The van der Waals surface area contributed by atoms with Gasteiger partial charge in [-0.1, -0.05) is 32.8 Å². The van der Waals surface area contributed by atoms with Crippen molar-refractivity contribution in [1.29, 1.82) is 0 Å². The van der Waals surface area contributed by atoms with Crippen molar-refractivity contribution in [2.45, 2.75) is 32.7 Å². The van der Waals surface area contributed by atoms with E-state index >= 15 is 0 Å². The van der Waals surface area contributed by atoms with Crippen LogP contribution in [-0.4, -0.2) is 37.1 Å². The highest BCUT2D eigenvalue weighted by atomic mass is 32.1. The Labute approximate surface area is 174 Å². The van der Waals surface area contributed by atoms with Gasteiger partial charge in [-0.25, -0.2) is 0 Å². The molecule has 1 fully saturated rings. The molecule has 29 heavy (non-hydrogen) atoms. The van der Waals surface area contributed by atoms with Crippen LogP contribution in [0.4, 0.5) is 11.4 Å². The molecule has 0 aliphatic carbocycles. The van der Waals surface area contributed by atoms with E-state index in [0.717, 1.165) is 17.7 Å². The second kappa shape index (κ2) is 9.84. The Hall–Kier alpha value is -2.45. The summed E-state index contributed by atoms with van der Waals surface area (Å²) >= 11 is 1.62. The maximum atomic E-state index is 13.3. The number of carbonyl (C=O) groups excluding carboxylic acids is 1. The lowest BCUT2D eigenvalue weighted by molar-refractivity contribution is -0.384. The van der Waals surface area contributed by atoms with Crippen LogP contribution in [0, 0.1) is 16.0 Å². The lowest BCUT2D eigenvalue weighted by Gasteiger charge is -2.31. The summed E-state index contributed by atoms with van der Waals surface area (Å²) in [4.78, 5) is 27.3. The Balaban J connectivity index is 1.94. The number of ether oxygens (including phenoxy) is 1. The molecule has 1 aromatic carbocycles. The SMILES string of the molecule is CCC(CC)C(NC(=O)c1cc([N+](=O)[O-])ccc1N1CCOCC1)c1cccs1. The van der Waals surface area contributed by atoms with Gasteiger partial charge >= 0.3 is 0 Å². The summed E-state index contributed by atoms with van der Waals surface area (Å²) in [5.41, 5.74) is 0.974. The molecule has 8 heteroatoms. The quantitative estimate of drug-likeness (QED) is 0.508. The van der Waals surface area contributed by atoms with E-state index in [0.29, 0.717) is 43.5 Å². The fourth-order valence-corrected chi connectivity index (χ4v) is 4.64. The summed E-state index contributed by atoms with van der Waals surface area (Å²) in [5, 5.41) is 16.5. The summed E-state index contributed by atoms with van der Waals surface area (Å²) in [7, 11) is 0. The number of benzene rings is 1. The van der Waals surface area contributed by atoms with E-state index in [1.165, 1.54) is 12.1 Å². The first kappa shape index (κ1) is 21.3. The van der Waals surface area contributed by atoms with Crippen LogP contribution in [0.25, 0.3) is 0 Å². The molecule has 3 rings (SSSR count). The molecule has 0 spiro atoms. The lowest BCUT2D eigenvalue weighted by atomic mass is 9.92. The molecular weight excluding hydrogens is 390 g/mol. The minimum atomic E-state index is -0.461. The number of thiophene rings is 1. The molecule has 0 radical (unpaired) electrons. The number of rotatable bonds is 8. The number of nitrogens with zero attached hydrogens (tertiary/aromatic N) is 2. The highest BCUT2D eigenvalue weighted by Crippen LogP contribution is 2.32. The molecule has 1 aromatic heterocycles. The molecule has 1 aliphatic rings. The van der Waals surface area contributed by atoms with Crippen LogP contribution < -0.4 is 10.2 Å². The molecular formula is C21H27N3O4S. The van der Waals surface area contributed by atoms with E-state index in [1.54, 1.807) is 17.4 Å². The van der Waals surface area contributed by atoms with Crippen molar-refractivity contribution in [2.75, 3.05) is 31.2 Å². The molecule has 1 atom stereocenters. The van der Waals surface area contributed by atoms with Gasteiger partial charge in [0.1, 0.15) is 0 Å². The summed E-state index contributed by atoms with van der Waals surface area (Å²) in [6, 6.07) is 8.42. The van der Waals surface area contributed by atoms with E-state index < -0.39 is 4.92 Å². The van der Waals surface area contributed by atoms with Crippen LogP contribution in [0.15, 0.2) is 35.7 Å². The van der Waals surface area contributed by atoms with Crippen molar-refractivity contribution in [2.24, 2.45) is 5.92 Å². The number of nitrogens with one attached hydrogen (secondary N) is 1. The topological polar surface area (TPSA) is 84.7 Å². The van der Waals surface area contributed by atoms with Crippen molar-refractivity contribution >= 4 is 28.6 Å². The zero-order valence-corrected chi connectivity index (χ0v) is 17.6. The lowest BCUT2D eigenvalue weighted by Crippen LogP contribution is -2.39. The van der Waals surface area contributed by atoms with E-state index in [-0.39, 0.29) is 17.6 Å². The van der Waals surface area contributed by atoms with Crippen LogP contribution in [0.3, 0.4) is 0 Å². The van der Waals surface area contributed by atoms with Crippen molar-refractivity contribution in [3.63, 3.8) is 0 Å². The number of hydrogen-bond acceptors (Lipinski definition) is 6. The maximum absolute atomic E-state index is 13.3. The van der Waals surface area contributed by atoms with Gasteiger partial charge < -0.3 is 15.0 Å². The van der Waals surface area contributed by atoms with Crippen LogP contribution in [0.5, 0.6) is 0 Å². The molecule has 156 valence electrons. The van der Waals surface area contributed by atoms with E-state index in [2.05, 4.69) is 24.1 Å². The second-order valence-electron chi connectivity index (χ2n) is 7.10. The monoisotopic (exact) mass is 417 g/mol. The fraction of sp³-hybridized carbons (Fsp3) is 0.476. The van der Waals surface area contributed by atoms with Gasteiger partial charge in [-0.05, 0) is 23.4 Å². The van der Waals surface area contributed by atoms with Gasteiger partial charge in [-0.3, -0.25) is 14.9 Å². The number of hydrogen-bond donors (Lipinski definition) is 1. The van der Waals surface area contributed by atoms with Gasteiger partial charge in [0.2, 0.25) is 0 Å². The van der Waals surface area contributed by atoms with Gasteiger partial charge in [0.15, 0.2) is 0 Å². The first-order valence-electron chi connectivity index (χ1n) is 10.0. The number of morpholine rings is 1. The standard InChI is InChI=1S/C21H27N3O4S/c1-3-15(4-2)20(19-6-5-13-29-19)22-21(25)17-14-16(24(26)27)7-8-18(17)23-9-11-28-12-10-23/h5-8,13-15,20H,3-4,9-12H2,1-2H3,(H,22,25). The molecule has 1 saturated heterocycles. The number of anilines is 1. The summed E-state index contributed by atoms with van der Waals surface area (Å²) in [6.45, 7) is 6.69. The predicted molar refractivity (Wildman–Crippen MR) is 115 cm³/mol. The van der Waals surface area contributed by atoms with Crippen molar-refractivity contribution in [3.8, 4) is 0 Å². The number of nitro benzene ring substituents is 1. The normalized spacial score (nSPS) is 15.3. The third-order valence-corrected chi connectivity index (χ3v) is 6.40. The summed E-state index contributed by atoms with van der Waals surface area (Å²) in [6.07, 6.45) is 1.87. The van der Waals surface area contributed by atoms with Crippen LogP contribution in [0.1, 0.15) is 48.0 Å². The molecule has 1 unspecified atom stereocenters. The smallest absolute Gasteiger partial charge is 0.270 e. The molecule has 7 nitrogen and oxygen atoms in total. The predicted octanol–water partition coefficient (Wildman–Crippen LogP) is 4.40. The average molecular weight is 418 g/mol. The Kier molecular flexibility index (Phi) is 7.22. The van der Waals surface area contributed by atoms with Crippen molar-refractivity contribution in [1.82, 2.24) is 5.32 Å². The first-order chi connectivity index (χ1) is 14.0. The summed E-state index contributed by atoms with van der Waals surface area (Å²) in [5.74, 6) is 0.0172. The number of carbonyl (C=O) groups is 1. The zero-order chi connectivity index (χ0) is 20.8. The molecule has 0 saturated carbocycles. The molecule has 1 N–H and O–H groups in total. The van der Waals surface area contributed by atoms with Crippen molar-refractivity contribution in [3.05, 3.63) is 56.3 Å². The van der Waals surface area contributed by atoms with Gasteiger partial charge in [0, 0.05) is 30.1 Å². The molecule has 0 bridgehead atoms. The molecule has 2 aromatic rings. The molecule has 1 aliphatic heterocycles. The largest absolute Gasteiger partial charge is 0.378 e. The second-order valence-corrected chi connectivity index (χ2v) is 8.08. The first-order valence-corrected chi connectivity index (χ1v) is 10.9. The minimum Gasteiger partial charge on any atom is -0.378 e. The Morgan fingerprint density at radius 2 is 2.00 bits per heavy atom. The fourth-order valence-electron chi connectivity index (χ4n) is 3.77. The molecule has 1 amide bonds. The third-order valence-electron chi connectivity index (χ3n) is 5.44. The van der Waals surface area contributed by atoms with Crippen LogP contribution >= 0.6 is 11.3 Å². The van der Waals surface area contributed by atoms with Crippen LogP contribution in [0.2, 0.25) is 0 Å². The zero-order valence-electron chi connectivity index (χ0n) is 16.8. The number of non-ortho nitro benzene ring substituents is 1. The highest BCUT2D eigenvalue weighted by Gasteiger charge is 2.27. The van der Waals surface area contributed by atoms with Gasteiger partial charge in [-0.2, -0.15) is 0 Å². The van der Waals surface area contributed by atoms with E-state index in [1.807, 2.05) is 17.5 Å². The third kappa shape index (κ3) is 4.94. The number of amides is 1. The van der Waals surface area contributed by atoms with Crippen LogP contribution in [-0.2, 0) is 4.74 Å². The highest BCUT2D eigenvalue weighted by molar-refractivity contribution is 7.10. The van der Waals surface area contributed by atoms with Gasteiger partial charge in [0.25, 0.3) is 11.6 Å².